The van der Waals surface area contributed by atoms with Crippen molar-refractivity contribution in [2.24, 2.45) is 5.92 Å². The van der Waals surface area contributed by atoms with Crippen LogP contribution in [0.2, 0.25) is 0 Å². The lowest BCUT2D eigenvalue weighted by Gasteiger charge is -2.17. The molecule has 0 spiro atoms. The normalized spacial score (nSPS) is 20.8. The molecule has 1 aliphatic carbocycles. The standard InChI is InChI=1S/C19H15FN2O3S/c20-11-3-1-10(2-4-11)12-7-13(12)18(23)22-19-21-14-8-15-16(9-17(14)26-19)25-6-5-24-15/h1-4,8-9,12-13H,5-7H2,(H,21,22,23). The third-order valence-electron chi connectivity index (χ3n) is 4.71. The van der Waals surface area contributed by atoms with Gasteiger partial charge in [0.1, 0.15) is 19.0 Å². The lowest BCUT2D eigenvalue weighted by atomic mass is 10.1. The summed E-state index contributed by atoms with van der Waals surface area (Å²) in [7, 11) is 0. The van der Waals surface area contributed by atoms with Crippen LogP contribution in [0, 0.1) is 11.7 Å². The van der Waals surface area contributed by atoms with E-state index >= 15 is 0 Å². The Kier molecular flexibility index (Phi) is 3.56. The van der Waals surface area contributed by atoms with Crippen molar-refractivity contribution >= 4 is 32.6 Å². The first-order valence-electron chi connectivity index (χ1n) is 8.44. The number of amides is 1. The molecule has 132 valence electrons. The SMILES string of the molecule is O=C(Nc1nc2cc3c(cc2s1)OCCO3)C1CC1c1ccc(F)cc1. The molecule has 1 N–H and O–H groups in total. The number of halogens is 1. The third kappa shape index (κ3) is 2.78. The van der Waals surface area contributed by atoms with Gasteiger partial charge in [0.15, 0.2) is 16.6 Å². The number of anilines is 1. The number of nitrogens with one attached hydrogen (secondary N) is 1. The summed E-state index contributed by atoms with van der Waals surface area (Å²) >= 11 is 1.41. The van der Waals surface area contributed by atoms with Crippen LogP contribution in [0.3, 0.4) is 0 Å². The fraction of sp³-hybridized carbons (Fsp3) is 0.263. The van der Waals surface area contributed by atoms with E-state index in [9.17, 15) is 9.18 Å². The highest BCUT2D eigenvalue weighted by Gasteiger charge is 2.44. The van der Waals surface area contributed by atoms with Crippen molar-refractivity contribution in [2.45, 2.75) is 12.3 Å². The second-order valence-electron chi connectivity index (χ2n) is 6.47. The molecule has 2 heterocycles. The van der Waals surface area contributed by atoms with Crippen LogP contribution in [0.1, 0.15) is 17.9 Å². The summed E-state index contributed by atoms with van der Waals surface area (Å²) in [5, 5.41) is 3.47. The van der Waals surface area contributed by atoms with Gasteiger partial charge >= 0.3 is 0 Å². The molecule has 1 amide bonds. The van der Waals surface area contributed by atoms with Crippen molar-refractivity contribution in [1.82, 2.24) is 4.98 Å². The first-order valence-corrected chi connectivity index (χ1v) is 9.25. The minimum Gasteiger partial charge on any atom is -0.486 e. The second kappa shape index (κ2) is 5.95. The Morgan fingerprint density at radius 3 is 2.65 bits per heavy atom. The lowest BCUT2D eigenvalue weighted by Crippen LogP contribution is -2.15. The Morgan fingerprint density at radius 2 is 1.88 bits per heavy atom. The number of benzene rings is 2. The summed E-state index contributed by atoms with van der Waals surface area (Å²) in [5.41, 5.74) is 1.78. The van der Waals surface area contributed by atoms with Gasteiger partial charge in [0, 0.05) is 18.1 Å². The molecule has 1 fully saturated rings. The average Bonchev–Trinajstić information content (AvgIpc) is 3.35. The molecule has 0 radical (unpaired) electrons. The molecule has 26 heavy (non-hydrogen) atoms. The zero-order chi connectivity index (χ0) is 17.7. The lowest BCUT2D eigenvalue weighted by molar-refractivity contribution is -0.117. The van der Waals surface area contributed by atoms with Gasteiger partial charge in [0.25, 0.3) is 0 Å². The highest BCUT2D eigenvalue weighted by molar-refractivity contribution is 7.22. The van der Waals surface area contributed by atoms with Gasteiger partial charge in [-0.25, -0.2) is 9.37 Å². The smallest absolute Gasteiger partial charge is 0.229 e. The van der Waals surface area contributed by atoms with Crippen LogP contribution in [0.5, 0.6) is 11.5 Å². The maximum absolute atomic E-state index is 13.0. The molecule has 5 rings (SSSR count). The number of carbonyl (C=O) groups excluding carboxylic acids is 1. The van der Waals surface area contributed by atoms with Gasteiger partial charge in [-0.05, 0) is 30.0 Å². The fourth-order valence-electron chi connectivity index (χ4n) is 3.28. The number of fused-ring (bicyclic) bond motifs is 2. The van der Waals surface area contributed by atoms with Gasteiger partial charge in [-0.2, -0.15) is 0 Å². The number of hydrogen-bond donors (Lipinski definition) is 1. The molecule has 0 saturated heterocycles. The third-order valence-corrected chi connectivity index (χ3v) is 5.64. The summed E-state index contributed by atoms with van der Waals surface area (Å²) in [4.78, 5) is 17.0. The highest BCUT2D eigenvalue weighted by atomic mass is 32.1. The van der Waals surface area contributed by atoms with Gasteiger partial charge in [-0.3, -0.25) is 4.79 Å². The van der Waals surface area contributed by atoms with Crippen LogP contribution in [-0.4, -0.2) is 24.1 Å². The van der Waals surface area contributed by atoms with Crippen molar-refractivity contribution in [2.75, 3.05) is 18.5 Å². The van der Waals surface area contributed by atoms with Gasteiger partial charge in [-0.1, -0.05) is 23.5 Å². The summed E-state index contributed by atoms with van der Waals surface area (Å²) in [6, 6.07) is 10.1. The van der Waals surface area contributed by atoms with E-state index in [1.54, 1.807) is 12.1 Å². The predicted octanol–water partition coefficient (Wildman–Crippen LogP) is 3.95. The Morgan fingerprint density at radius 1 is 1.15 bits per heavy atom. The fourth-order valence-corrected chi connectivity index (χ4v) is 4.16. The van der Waals surface area contributed by atoms with E-state index in [0.717, 1.165) is 22.2 Å². The van der Waals surface area contributed by atoms with Gasteiger partial charge in [0.05, 0.1) is 10.2 Å². The van der Waals surface area contributed by atoms with Gasteiger partial charge < -0.3 is 14.8 Å². The molecule has 2 unspecified atom stereocenters. The number of nitrogens with zero attached hydrogens (tertiary/aromatic N) is 1. The molecular weight excluding hydrogens is 355 g/mol. The number of carbonyl (C=O) groups is 1. The van der Waals surface area contributed by atoms with Crippen molar-refractivity contribution < 1.29 is 18.7 Å². The quantitative estimate of drug-likeness (QED) is 0.758. The van der Waals surface area contributed by atoms with Crippen molar-refractivity contribution in [3.63, 3.8) is 0 Å². The topological polar surface area (TPSA) is 60.5 Å². The number of aromatic nitrogens is 1. The maximum Gasteiger partial charge on any atom is 0.229 e. The number of rotatable bonds is 3. The van der Waals surface area contributed by atoms with Gasteiger partial charge in [0.2, 0.25) is 5.91 Å². The minimum atomic E-state index is -0.263. The van der Waals surface area contributed by atoms with Crippen LogP contribution in [0.15, 0.2) is 36.4 Å². The van der Waals surface area contributed by atoms with E-state index in [-0.39, 0.29) is 23.6 Å². The van der Waals surface area contributed by atoms with Crippen LogP contribution in [0.4, 0.5) is 9.52 Å². The monoisotopic (exact) mass is 370 g/mol. The molecule has 1 aliphatic heterocycles. The predicted molar refractivity (Wildman–Crippen MR) is 96.5 cm³/mol. The van der Waals surface area contributed by atoms with E-state index in [1.165, 1.54) is 23.5 Å². The van der Waals surface area contributed by atoms with Crippen LogP contribution >= 0.6 is 11.3 Å². The minimum absolute atomic E-state index is 0.0457. The molecule has 1 aromatic heterocycles. The molecule has 2 aliphatic rings. The Bertz CT molecular complexity index is 959. The zero-order valence-electron chi connectivity index (χ0n) is 13.7. The Balaban J connectivity index is 1.32. The summed E-state index contributed by atoms with van der Waals surface area (Å²) in [5.74, 6) is 1.15. The zero-order valence-corrected chi connectivity index (χ0v) is 14.5. The van der Waals surface area contributed by atoms with Gasteiger partial charge in [-0.15, -0.1) is 0 Å². The van der Waals surface area contributed by atoms with Crippen LogP contribution < -0.4 is 14.8 Å². The molecule has 7 heteroatoms. The van der Waals surface area contributed by atoms with E-state index in [0.29, 0.717) is 29.8 Å². The highest BCUT2D eigenvalue weighted by Crippen LogP contribution is 2.48. The largest absolute Gasteiger partial charge is 0.486 e. The summed E-state index contributed by atoms with van der Waals surface area (Å²) in [6.07, 6.45) is 0.776. The molecule has 2 aromatic carbocycles. The second-order valence-corrected chi connectivity index (χ2v) is 7.50. The number of thiazole rings is 1. The number of ether oxygens (including phenoxy) is 2. The molecular formula is C19H15FN2O3S. The maximum atomic E-state index is 13.0. The molecule has 0 bridgehead atoms. The van der Waals surface area contributed by atoms with Crippen LogP contribution in [0.25, 0.3) is 10.2 Å². The van der Waals surface area contributed by atoms with Crippen molar-refractivity contribution in [3.05, 3.63) is 47.8 Å². The van der Waals surface area contributed by atoms with E-state index in [2.05, 4.69) is 10.3 Å². The first-order chi connectivity index (χ1) is 12.7. The van der Waals surface area contributed by atoms with Crippen molar-refractivity contribution in [1.29, 1.82) is 0 Å². The first kappa shape index (κ1) is 15.6. The van der Waals surface area contributed by atoms with E-state index < -0.39 is 0 Å². The molecule has 5 nitrogen and oxygen atoms in total. The average molecular weight is 370 g/mol. The van der Waals surface area contributed by atoms with E-state index in [4.69, 9.17) is 9.47 Å². The molecule has 3 aromatic rings. The summed E-state index contributed by atoms with van der Waals surface area (Å²) in [6.45, 7) is 1.06. The molecule has 2 atom stereocenters. The Labute approximate surface area is 152 Å². The Hall–Kier alpha value is -2.67. The van der Waals surface area contributed by atoms with Crippen molar-refractivity contribution in [3.8, 4) is 11.5 Å². The molecule has 1 saturated carbocycles. The van der Waals surface area contributed by atoms with E-state index in [1.807, 2.05) is 12.1 Å². The number of hydrogen-bond acceptors (Lipinski definition) is 5. The summed E-state index contributed by atoms with van der Waals surface area (Å²) < 4.78 is 25.1. The van der Waals surface area contributed by atoms with Crippen LogP contribution in [-0.2, 0) is 4.79 Å².